The number of benzene rings is 1. The summed E-state index contributed by atoms with van der Waals surface area (Å²) < 4.78 is 0. The van der Waals surface area contributed by atoms with Crippen LogP contribution in [0.4, 0.5) is 10.5 Å². The summed E-state index contributed by atoms with van der Waals surface area (Å²) in [6.07, 6.45) is 2.60. The molecule has 0 aliphatic carbocycles. The third-order valence-corrected chi connectivity index (χ3v) is 4.79. The minimum atomic E-state index is -0.944. The van der Waals surface area contributed by atoms with Gasteiger partial charge in [0, 0.05) is 23.3 Å². The number of pyridine rings is 1. The van der Waals surface area contributed by atoms with Gasteiger partial charge >= 0.3 is 12.0 Å². The lowest BCUT2D eigenvalue weighted by Crippen LogP contribution is -2.32. The number of carboxylic acids is 1. The number of rotatable bonds is 7. The molecule has 2 heterocycles. The summed E-state index contributed by atoms with van der Waals surface area (Å²) in [5.74, 6) is 0.0920. The van der Waals surface area contributed by atoms with Crippen LogP contribution in [0.3, 0.4) is 0 Å². The SMILES string of the molecule is N[C@@H](CSCCc1ccccn1)C(=O)O.O=C1CN(c2ccccc2)C(=O)N1. The molecule has 0 bridgehead atoms. The molecule has 28 heavy (non-hydrogen) atoms. The molecule has 9 heteroatoms. The van der Waals surface area contributed by atoms with Crippen molar-refractivity contribution in [1.82, 2.24) is 10.3 Å². The Balaban J connectivity index is 0.000000202. The Hall–Kier alpha value is -2.91. The first kappa shape index (κ1) is 21.4. The van der Waals surface area contributed by atoms with Crippen molar-refractivity contribution in [3.63, 3.8) is 0 Å². The topological polar surface area (TPSA) is 126 Å². The molecule has 1 aliphatic rings. The van der Waals surface area contributed by atoms with Gasteiger partial charge in [-0.05, 0) is 36.4 Å². The Morgan fingerprint density at radius 3 is 2.50 bits per heavy atom. The molecule has 1 fully saturated rings. The van der Waals surface area contributed by atoms with Gasteiger partial charge in [-0.15, -0.1) is 0 Å². The first-order valence-electron chi connectivity index (χ1n) is 8.60. The van der Waals surface area contributed by atoms with Crippen LogP contribution in [0.15, 0.2) is 54.7 Å². The molecule has 4 N–H and O–H groups in total. The van der Waals surface area contributed by atoms with Crippen molar-refractivity contribution in [2.24, 2.45) is 5.73 Å². The molecule has 8 nitrogen and oxygen atoms in total. The van der Waals surface area contributed by atoms with Crippen molar-refractivity contribution in [2.45, 2.75) is 12.5 Å². The third kappa shape index (κ3) is 7.01. The van der Waals surface area contributed by atoms with Crippen LogP contribution in [0, 0.1) is 0 Å². The van der Waals surface area contributed by atoms with Gasteiger partial charge in [-0.1, -0.05) is 24.3 Å². The number of imide groups is 1. The molecule has 3 rings (SSSR count). The van der Waals surface area contributed by atoms with Crippen LogP contribution in [0.5, 0.6) is 0 Å². The number of aromatic nitrogens is 1. The second-order valence-electron chi connectivity index (χ2n) is 5.87. The molecule has 0 radical (unpaired) electrons. The van der Waals surface area contributed by atoms with Crippen molar-refractivity contribution in [2.75, 3.05) is 23.0 Å². The molecule has 148 valence electrons. The van der Waals surface area contributed by atoms with E-state index >= 15 is 0 Å². The zero-order valence-electron chi connectivity index (χ0n) is 15.2. The molecule has 1 aromatic heterocycles. The monoisotopic (exact) mass is 402 g/mol. The molecule has 1 atom stereocenters. The van der Waals surface area contributed by atoms with Gasteiger partial charge in [-0.25, -0.2) is 4.79 Å². The number of para-hydroxylation sites is 1. The molecular weight excluding hydrogens is 380 g/mol. The van der Waals surface area contributed by atoms with E-state index in [0.717, 1.165) is 23.6 Å². The number of carbonyl (C=O) groups excluding carboxylic acids is 2. The lowest BCUT2D eigenvalue weighted by Gasteiger charge is -2.11. The summed E-state index contributed by atoms with van der Waals surface area (Å²) in [4.78, 5) is 38.0. The lowest BCUT2D eigenvalue weighted by molar-refractivity contribution is -0.137. The van der Waals surface area contributed by atoms with Crippen molar-refractivity contribution in [3.05, 3.63) is 60.4 Å². The fourth-order valence-electron chi connectivity index (χ4n) is 2.26. The Morgan fingerprint density at radius 2 is 1.93 bits per heavy atom. The number of carbonyl (C=O) groups is 3. The number of nitrogens with zero attached hydrogens (tertiary/aromatic N) is 2. The number of aliphatic carboxylic acids is 1. The molecule has 0 saturated carbocycles. The van der Waals surface area contributed by atoms with Crippen molar-refractivity contribution in [1.29, 1.82) is 0 Å². The van der Waals surface area contributed by atoms with Crippen LogP contribution in [0.2, 0.25) is 0 Å². The van der Waals surface area contributed by atoms with E-state index in [1.165, 1.54) is 16.7 Å². The van der Waals surface area contributed by atoms with Gasteiger partial charge in [0.1, 0.15) is 12.6 Å². The number of nitrogens with one attached hydrogen (secondary N) is 1. The smallest absolute Gasteiger partial charge is 0.329 e. The number of thioether (sulfide) groups is 1. The van der Waals surface area contributed by atoms with E-state index in [-0.39, 0.29) is 18.5 Å². The van der Waals surface area contributed by atoms with Crippen LogP contribution in [0.25, 0.3) is 0 Å². The van der Waals surface area contributed by atoms with E-state index in [4.69, 9.17) is 10.8 Å². The van der Waals surface area contributed by atoms with Crippen LogP contribution < -0.4 is 16.0 Å². The molecular formula is C19H22N4O4S. The molecule has 1 aromatic carbocycles. The highest BCUT2D eigenvalue weighted by molar-refractivity contribution is 7.99. The second-order valence-corrected chi connectivity index (χ2v) is 7.02. The van der Waals surface area contributed by atoms with Crippen molar-refractivity contribution < 1.29 is 19.5 Å². The maximum atomic E-state index is 11.2. The molecule has 1 aliphatic heterocycles. The molecule has 0 unspecified atom stereocenters. The fraction of sp³-hybridized carbons (Fsp3) is 0.263. The maximum absolute atomic E-state index is 11.2. The summed E-state index contributed by atoms with van der Waals surface area (Å²) in [5.41, 5.74) is 7.12. The van der Waals surface area contributed by atoms with E-state index in [1.807, 2.05) is 36.4 Å². The van der Waals surface area contributed by atoms with Crippen molar-refractivity contribution >= 4 is 35.4 Å². The largest absolute Gasteiger partial charge is 0.480 e. The summed E-state index contributed by atoms with van der Waals surface area (Å²) in [5, 5.41) is 10.8. The van der Waals surface area contributed by atoms with E-state index in [0.29, 0.717) is 5.75 Å². The zero-order chi connectivity index (χ0) is 20.4. The maximum Gasteiger partial charge on any atom is 0.329 e. The number of urea groups is 1. The summed E-state index contributed by atoms with van der Waals surface area (Å²) >= 11 is 1.54. The number of amides is 3. The van der Waals surface area contributed by atoms with Gasteiger partial charge < -0.3 is 10.8 Å². The van der Waals surface area contributed by atoms with E-state index in [9.17, 15) is 14.4 Å². The van der Waals surface area contributed by atoms with Gasteiger partial charge in [0.05, 0.1) is 0 Å². The van der Waals surface area contributed by atoms with E-state index in [1.54, 1.807) is 18.3 Å². The molecule has 3 amide bonds. The number of anilines is 1. The van der Waals surface area contributed by atoms with E-state index < -0.39 is 12.0 Å². The van der Waals surface area contributed by atoms with Gasteiger partial charge in [0.2, 0.25) is 5.91 Å². The van der Waals surface area contributed by atoms with Crippen molar-refractivity contribution in [3.8, 4) is 0 Å². The predicted octanol–water partition coefficient (Wildman–Crippen LogP) is 1.51. The van der Waals surface area contributed by atoms with Crippen LogP contribution in [-0.2, 0) is 16.0 Å². The number of hydrogen-bond donors (Lipinski definition) is 3. The molecule has 0 spiro atoms. The molecule has 1 saturated heterocycles. The minimum Gasteiger partial charge on any atom is -0.480 e. The Morgan fingerprint density at radius 1 is 1.21 bits per heavy atom. The number of aryl methyl sites for hydroxylation is 1. The van der Waals surface area contributed by atoms with Crippen LogP contribution in [0.1, 0.15) is 5.69 Å². The second kappa shape index (κ2) is 11.1. The third-order valence-electron chi connectivity index (χ3n) is 3.70. The zero-order valence-corrected chi connectivity index (χ0v) is 16.0. The quantitative estimate of drug-likeness (QED) is 0.473. The highest BCUT2D eigenvalue weighted by Crippen LogP contribution is 2.15. The number of carboxylic acid groups (broad SMARTS) is 1. The number of hydrogen-bond acceptors (Lipinski definition) is 6. The van der Waals surface area contributed by atoms with Crippen LogP contribution in [-0.4, -0.2) is 52.1 Å². The van der Waals surface area contributed by atoms with Gasteiger partial charge in [0.25, 0.3) is 0 Å². The molecule has 2 aromatic rings. The normalized spacial score (nSPS) is 14.1. The first-order valence-corrected chi connectivity index (χ1v) is 9.75. The lowest BCUT2D eigenvalue weighted by atomic mass is 10.3. The Bertz CT molecular complexity index is 789. The predicted molar refractivity (Wildman–Crippen MR) is 108 cm³/mol. The first-order chi connectivity index (χ1) is 13.5. The van der Waals surface area contributed by atoms with Gasteiger partial charge in [-0.3, -0.25) is 24.8 Å². The standard InChI is InChI=1S/C10H14N2O2S.C9H8N2O2/c11-9(10(13)14)7-15-6-4-8-3-1-2-5-12-8;12-8-6-11(9(13)10-8)7-4-2-1-3-5-7/h1-3,5,9H,4,6-7,11H2,(H,13,14);1-5H,6H2,(H,10,12,13)/t9-;/m0./s1. The fourth-order valence-corrected chi connectivity index (χ4v) is 3.18. The average molecular weight is 402 g/mol. The Labute approximate surface area is 167 Å². The Kier molecular flexibility index (Phi) is 8.44. The van der Waals surface area contributed by atoms with Gasteiger partial charge in [0.15, 0.2) is 0 Å². The highest BCUT2D eigenvalue weighted by Gasteiger charge is 2.27. The number of nitrogens with two attached hydrogens (primary N) is 1. The van der Waals surface area contributed by atoms with Crippen LogP contribution >= 0.6 is 11.8 Å². The summed E-state index contributed by atoms with van der Waals surface area (Å²) in [7, 11) is 0. The minimum absolute atomic E-state index is 0.114. The van der Waals surface area contributed by atoms with Gasteiger partial charge in [-0.2, -0.15) is 11.8 Å². The summed E-state index contributed by atoms with van der Waals surface area (Å²) in [6, 6.07) is 13.7. The average Bonchev–Trinajstić information content (AvgIpc) is 3.05. The summed E-state index contributed by atoms with van der Waals surface area (Å²) in [6.45, 7) is 0.114. The van der Waals surface area contributed by atoms with E-state index in [2.05, 4.69) is 10.3 Å². The highest BCUT2D eigenvalue weighted by atomic mass is 32.2.